The Morgan fingerprint density at radius 2 is 2.18 bits per heavy atom. The Kier molecular flexibility index (Phi) is 4.39. The molecule has 22 heavy (non-hydrogen) atoms. The normalized spacial score (nSPS) is 24.0. The molecular weight excluding hydrogens is 307 g/mol. The molecule has 0 bridgehead atoms. The number of hydrogen-bond acceptors (Lipinski definition) is 3. The number of halogens is 2. The first-order valence-electron chi connectivity index (χ1n) is 7.62. The van der Waals surface area contributed by atoms with Crippen molar-refractivity contribution >= 4 is 17.5 Å². The molecule has 0 aliphatic carbocycles. The molecule has 4 nitrogen and oxygen atoms in total. The summed E-state index contributed by atoms with van der Waals surface area (Å²) in [6.07, 6.45) is 1.91. The second kappa shape index (κ2) is 6.14. The van der Waals surface area contributed by atoms with Crippen molar-refractivity contribution < 1.29 is 14.3 Å². The zero-order valence-electron chi connectivity index (χ0n) is 12.3. The topological polar surface area (TPSA) is 52.6 Å². The van der Waals surface area contributed by atoms with Gasteiger partial charge in [-0.1, -0.05) is 11.6 Å². The summed E-state index contributed by atoms with van der Waals surface area (Å²) in [6.45, 7) is 3.07. The van der Waals surface area contributed by atoms with E-state index in [0.717, 1.165) is 32.0 Å². The Hall–Kier alpha value is -1.17. The molecule has 2 aliphatic heterocycles. The largest absolute Gasteiger partial charge is 0.396 e. The average molecular weight is 327 g/mol. The highest BCUT2D eigenvalue weighted by atomic mass is 35.5. The van der Waals surface area contributed by atoms with Gasteiger partial charge in [0, 0.05) is 25.6 Å². The minimum absolute atomic E-state index is 0.0117. The number of hydrogen-bond donors (Lipinski definition) is 2. The van der Waals surface area contributed by atoms with Crippen LogP contribution in [0.25, 0.3) is 0 Å². The van der Waals surface area contributed by atoms with Crippen LogP contribution in [0.3, 0.4) is 0 Å². The summed E-state index contributed by atoms with van der Waals surface area (Å²) < 4.78 is 13.1. The number of nitrogens with one attached hydrogen (secondary N) is 1. The van der Waals surface area contributed by atoms with Crippen molar-refractivity contribution in [3.63, 3.8) is 0 Å². The standard InChI is InChI=1S/C16H20ClFN2O2/c17-14-7-12(18)1-2-13(14)15(22)20-8-11(9-21)16(10-20)3-5-19-6-4-16/h1-2,7,11,19,21H,3-6,8-10H2. The molecule has 3 rings (SSSR count). The Morgan fingerprint density at radius 3 is 2.82 bits per heavy atom. The molecule has 2 fully saturated rings. The number of nitrogens with zero attached hydrogens (tertiary/aromatic N) is 1. The van der Waals surface area contributed by atoms with Gasteiger partial charge in [-0.3, -0.25) is 4.79 Å². The summed E-state index contributed by atoms with van der Waals surface area (Å²) in [6, 6.07) is 3.84. The van der Waals surface area contributed by atoms with Gasteiger partial charge in [-0.15, -0.1) is 0 Å². The number of carbonyl (C=O) groups excluding carboxylic acids is 1. The van der Waals surface area contributed by atoms with Crippen LogP contribution in [0.2, 0.25) is 5.02 Å². The lowest BCUT2D eigenvalue weighted by Crippen LogP contribution is -2.43. The van der Waals surface area contributed by atoms with Crippen LogP contribution < -0.4 is 5.32 Å². The Balaban J connectivity index is 1.82. The maximum atomic E-state index is 13.1. The van der Waals surface area contributed by atoms with Crippen LogP contribution in [0.5, 0.6) is 0 Å². The average Bonchev–Trinajstić information content (AvgIpc) is 2.85. The quantitative estimate of drug-likeness (QED) is 0.873. The molecule has 1 aromatic carbocycles. The molecule has 2 N–H and O–H groups in total. The molecule has 0 saturated carbocycles. The fourth-order valence-corrected chi connectivity index (χ4v) is 4.01. The number of likely N-dealkylation sites (tertiary alicyclic amines) is 1. The van der Waals surface area contributed by atoms with Crippen LogP contribution in [0.1, 0.15) is 23.2 Å². The van der Waals surface area contributed by atoms with Crippen molar-refractivity contribution in [2.24, 2.45) is 11.3 Å². The summed E-state index contributed by atoms with van der Waals surface area (Å²) in [5, 5.41) is 13.2. The third-order valence-electron chi connectivity index (χ3n) is 5.08. The predicted octanol–water partition coefficient (Wildman–Crippen LogP) is 1.91. The minimum Gasteiger partial charge on any atom is -0.396 e. The lowest BCUT2D eigenvalue weighted by atomic mass is 9.71. The summed E-state index contributed by atoms with van der Waals surface area (Å²) in [5.41, 5.74) is 0.313. The van der Waals surface area contributed by atoms with Gasteiger partial charge in [0.15, 0.2) is 0 Å². The van der Waals surface area contributed by atoms with Gasteiger partial charge < -0.3 is 15.3 Å². The van der Waals surface area contributed by atoms with E-state index in [1.807, 2.05) is 0 Å². The highest BCUT2D eigenvalue weighted by Crippen LogP contribution is 2.43. The molecule has 1 spiro atoms. The predicted molar refractivity (Wildman–Crippen MR) is 82.4 cm³/mol. The van der Waals surface area contributed by atoms with Crippen molar-refractivity contribution in [1.29, 1.82) is 0 Å². The Morgan fingerprint density at radius 1 is 1.45 bits per heavy atom. The summed E-state index contributed by atoms with van der Waals surface area (Å²) in [4.78, 5) is 14.4. The zero-order valence-corrected chi connectivity index (χ0v) is 13.1. The number of rotatable bonds is 2. The Bertz CT molecular complexity index is 575. The lowest BCUT2D eigenvalue weighted by Gasteiger charge is -2.37. The van der Waals surface area contributed by atoms with Crippen LogP contribution in [0.15, 0.2) is 18.2 Å². The molecule has 1 atom stereocenters. The van der Waals surface area contributed by atoms with Crippen LogP contribution in [0, 0.1) is 17.2 Å². The molecule has 1 amide bonds. The number of carbonyl (C=O) groups is 1. The fourth-order valence-electron chi connectivity index (χ4n) is 3.76. The number of benzene rings is 1. The summed E-state index contributed by atoms with van der Waals surface area (Å²) in [5.74, 6) is -0.539. The number of aliphatic hydroxyl groups excluding tert-OH is 1. The van der Waals surface area contributed by atoms with Gasteiger partial charge in [0.1, 0.15) is 5.82 Å². The fraction of sp³-hybridized carbons (Fsp3) is 0.562. The van der Waals surface area contributed by atoms with Crippen LogP contribution in [-0.2, 0) is 0 Å². The molecule has 0 aromatic heterocycles. The van der Waals surface area contributed by atoms with Crippen molar-refractivity contribution in [3.05, 3.63) is 34.6 Å². The lowest BCUT2D eigenvalue weighted by molar-refractivity contribution is 0.0756. The first-order chi connectivity index (χ1) is 10.6. The van der Waals surface area contributed by atoms with Crippen LogP contribution in [-0.4, -0.2) is 48.7 Å². The van der Waals surface area contributed by atoms with Gasteiger partial charge in [-0.2, -0.15) is 0 Å². The van der Waals surface area contributed by atoms with E-state index in [2.05, 4.69) is 5.32 Å². The van der Waals surface area contributed by atoms with Crippen LogP contribution >= 0.6 is 11.6 Å². The maximum absolute atomic E-state index is 13.1. The number of amides is 1. The van der Waals surface area contributed by atoms with Crippen molar-refractivity contribution in [3.8, 4) is 0 Å². The van der Waals surface area contributed by atoms with Crippen molar-refractivity contribution in [2.75, 3.05) is 32.8 Å². The second-order valence-corrected chi connectivity index (χ2v) is 6.71. The molecule has 120 valence electrons. The van der Waals surface area contributed by atoms with Gasteiger partial charge in [-0.25, -0.2) is 4.39 Å². The molecule has 2 aliphatic rings. The molecule has 6 heteroatoms. The van der Waals surface area contributed by atoms with E-state index in [0.29, 0.717) is 18.7 Å². The van der Waals surface area contributed by atoms with Crippen molar-refractivity contribution in [2.45, 2.75) is 12.8 Å². The second-order valence-electron chi connectivity index (χ2n) is 6.30. The third-order valence-corrected chi connectivity index (χ3v) is 5.39. The van der Waals surface area contributed by atoms with E-state index >= 15 is 0 Å². The first kappa shape index (κ1) is 15.7. The molecule has 2 saturated heterocycles. The number of piperidine rings is 1. The van der Waals surface area contributed by atoms with E-state index in [-0.39, 0.29) is 28.9 Å². The summed E-state index contributed by atoms with van der Waals surface area (Å²) in [7, 11) is 0. The first-order valence-corrected chi connectivity index (χ1v) is 7.99. The van der Waals surface area contributed by atoms with Crippen molar-refractivity contribution in [1.82, 2.24) is 10.2 Å². The molecule has 1 unspecified atom stereocenters. The molecular formula is C16H20ClFN2O2. The highest BCUT2D eigenvalue weighted by molar-refractivity contribution is 6.33. The van der Waals surface area contributed by atoms with Crippen LogP contribution in [0.4, 0.5) is 4.39 Å². The van der Waals surface area contributed by atoms with Gasteiger partial charge in [0.25, 0.3) is 5.91 Å². The zero-order chi connectivity index (χ0) is 15.7. The van der Waals surface area contributed by atoms with Gasteiger partial charge in [0.2, 0.25) is 0 Å². The molecule has 0 radical (unpaired) electrons. The Labute approximate surface area is 134 Å². The van der Waals surface area contributed by atoms with E-state index in [1.54, 1.807) is 4.90 Å². The SMILES string of the molecule is O=C(c1ccc(F)cc1Cl)N1CC(CO)C2(CCNCC2)C1. The monoisotopic (exact) mass is 326 g/mol. The summed E-state index contributed by atoms with van der Waals surface area (Å²) >= 11 is 6.00. The molecule has 1 aromatic rings. The van der Waals surface area contributed by atoms with E-state index in [4.69, 9.17) is 11.6 Å². The smallest absolute Gasteiger partial charge is 0.255 e. The third kappa shape index (κ3) is 2.73. The van der Waals surface area contributed by atoms with Gasteiger partial charge in [-0.05, 0) is 49.5 Å². The van der Waals surface area contributed by atoms with E-state index < -0.39 is 5.82 Å². The molecule has 2 heterocycles. The highest BCUT2D eigenvalue weighted by Gasteiger charge is 2.48. The minimum atomic E-state index is -0.453. The number of aliphatic hydroxyl groups is 1. The van der Waals surface area contributed by atoms with Gasteiger partial charge in [0.05, 0.1) is 10.6 Å². The van der Waals surface area contributed by atoms with E-state index in [9.17, 15) is 14.3 Å². The maximum Gasteiger partial charge on any atom is 0.255 e. The van der Waals surface area contributed by atoms with E-state index in [1.165, 1.54) is 12.1 Å². The van der Waals surface area contributed by atoms with Gasteiger partial charge >= 0.3 is 0 Å².